The molecule has 0 bridgehead atoms. The molecule has 0 saturated heterocycles. The normalized spacial score (nSPS) is 14.9. The number of halogens is 1. The molecule has 4 nitrogen and oxygen atoms in total. The Hall–Kier alpha value is -0.810. The molecular formula is C12H18BrN3O. The Balaban J connectivity index is 1.82. The summed E-state index contributed by atoms with van der Waals surface area (Å²) in [7, 11) is 2.01. The molecule has 1 fully saturated rings. The molecule has 0 unspecified atom stereocenters. The molecule has 1 heterocycles. The van der Waals surface area contributed by atoms with E-state index < -0.39 is 0 Å². The Morgan fingerprint density at radius 2 is 2.29 bits per heavy atom. The highest BCUT2D eigenvalue weighted by molar-refractivity contribution is 9.10. The Bertz CT molecular complexity index is 362. The first-order valence-corrected chi connectivity index (χ1v) is 6.65. The van der Waals surface area contributed by atoms with Gasteiger partial charge in [0.25, 0.3) is 0 Å². The van der Waals surface area contributed by atoms with Crippen molar-refractivity contribution >= 4 is 27.3 Å². The second kappa shape index (κ2) is 5.69. The Kier molecular flexibility index (Phi) is 4.23. The van der Waals surface area contributed by atoms with Gasteiger partial charge in [-0.3, -0.25) is 4.98 Å². The fourth-order valence-electron chi connectivity index (χ4n) is 1.69. The van der Waals surface area contributed by atoms with E-state index >= 15 is 0 Å². The highest BCUT2D eigenvalue weighted by Crippen LogP contribution is 2.30. The summed E-state index contributed by atoms with van der Waals surface area (Å²) in [5, 5.41) is 0. The molecule has 1 aliphatic carbocycles. The minimum absolute atomic E-state index is 0.684. The monoisotopic (exact) mass is 299 g/mol. The van der Waals surface area contributed by atoms with E-state index in [1.165, 1.54) is 12.8 Å². The van der Waals surface area contributed by atoms with Crippen LogP contribution in [0.1, 0.15) is 12.8 Å². The molecule has 5 heteroatoms. The number of pyridine rings is 1. The number of likely N-dealkylation sites (N-methyl/N-ethyl adjacent to an activating group) is 1. The summed E-state index contributed by atoms with van der Waals surface area (Å²) in [5.74, 6) is 0.818. The molecule has 1 aromatic heterocycles. The van der Waals surface area contributed by atoms with Gasteiger partial charge < -0.3 is 15.4 Å². The molecule has 1 aliphatic rings. The van der Waals surface area contributed by atoms with Gasteiger partial charge in [-0.15, -0.1) is 0 Å². The lowest BCUT2D eigenvalue weighted by atomic mass is 10.3. The van der Waals surface area contributed by atoms with Crippen LogP contribution in [0.3, 0.4) is 0 Å². The third-order valence-corrected chi connectivity index (χ3v) is 3.48. The van der Waals surface area contributed by atoms with Crippen molar-refractivity contribution in [3.63, 3.8) is 0 Å². The highest BCUT2D eigenvalue weighted by Gasteiger charge is 2.21. The molecule has 0 atom stereocenters. The van der Waals surface area contributed by atoms with Crippen LogP contribution in [-0.2, 0) is 4.74 Å². The molecule has 0 amide bonds. The minimum atomic E-state index is 0.684. The van der Waals surface area contributed by atoms with Crippen molar-refractivity contribution in [1.29, 1.82) is 0 Å². The molecule has 0 radical (unpaired) electrons. The largest absolute Gasteiger partial charge is 0.396 e. The molecule has 0 spiro atoms. The van der Waals surface area contributed by atoms with E-state index in [0.29, 0.717) is 5.69 Å². The average molecular weight is 300 g/mol. The molecule has 94 valence electrons. The highest BCUT2D eigenvalue weighted by atomic mass is 79.9. The second-order valence-corrected chi connectivity index (χ2v) is 5.35. The maximum Gasteiger partial charge on any atom is 0.0774 e. The fraction of sp³-hybridized carbons (Fsp3) is 0.583. The van der Waals surface area contributed by atoms with Gasteiger partial charge in [-0.1, -0.05) is 0 Å². The van der Waals surface area contributed by atoms with Gasteiger partial charge in [-0.2, -0.15) is 0 Å². The molecule has 2 N–H and O–H groups in total. The predicted octanol–water partition coefficient (Wildman–Crippen LogP) is 2.29. The molecule has 0 aliphatic heterocycles. The number of hydrogen-bond acceptors (Lipinski definition) is 4. The lowest BCUT2D eigenvalue weighted by Crippen LogP contribution is -2.24. The zero-order valence-electron chi connectivity index (χ0n) is 10.0. The fourth-order valence-corrected chi connectivity index (χ4v) is 2.34. The summed E-state index contributed by atoms with van der Waals surface area (Å²) in [5.41, 5.74) is 7.58. The number of hydrogen-bond donors (Lipinski definition) is 1. The van der Waals surface area contributed by atoms with Crippen LogP contribution in [-0.4, -0.2) is 31.8 Å². The molecule has 17 heavy (non-hydrogen) atoms. The van der Waals surface area contributed by atoms with Crippen molar-refractivity contribution in [3.8, 4) is 0 Å². The van der Waals surface area contributed by atoms with Gasteiger partial charge in [0, 0.05) is 26.4 Å². The average Bonchev–Trinajstić information content (AvgIpc) is 3.08. The van der Waals surface area contributed by atoms with Gasteiger partial charge in [0.1, 0.15) is 0 Å². The van der Waals surface area contributed by atoms with Gasteiger partial charge in [-0.05, 0) is 34.7 Å². The van der Waals surface area contributed by atoms with Crippen molar-refractivity contribution in [1.82, 2.24) is 4.98 Å². The van der Waals surface area contributed by atoms with E-state index in [4.69, 9.17) is 10.5 Å². The number of nitrogens with two attached hydrogens (primary N) is 1. The molecule has 2 rings (SSSR count). The topological polar surface area (TPSA) is 51.4 Å². The van der Waals surface area contributed by atoms with Crippen molar-refractivity contribution in [2.75, 3.05) is 37.4 Å². The van der Waals surface area contributed by atoms with Crippen molar-refractivity contribution in [2.45, 2.75) is 12.8 Å². The van der Waals surface area contributed by atoms with Gasteiger partial charge in [0.05, 0.1) is 28.7 Å². The van der Waals surface area contributed by atoms with Gasteiger partial charge in [0.15, 0.2) is 0 Å². The number of nitrogen functional groups attached to an aromatic ring is 1. The number of aromatic nitrogens is 1. The number of nitrogens with zero attached hydrogens (tertiary/aromatic N) is 2. The molecule has 1 aromatic rings. The van der Waals surface area contributed by atoms with E-state index in [1.807, 2.05) is 7.05 Å². The summed E-state index contributed by atoms with van der Waals surface area (Å²) >= 11 is 3.46. The maximum atomic E-state index is 5.91. The Morgan fingerprint density at radius 1 is 1.53 bits per heavy atom. The zero-order chi connectivity index (χ0) is 12.3. The van der Waals surface area contributed by atoms with Crippen molar-refractivity contribution in [2.24, 2.45) is 5.92 Å². The van der Waals surface area contributed by atoms with Gasteiger partial charge >= 0.3 is 0 Å². The van der Waals surface area contributed by atoms with Crippen LogP contribution in [0.2, 0.25) is 0 Å². The van der Waals surface area contributed by atoms with Crippen molar-refractivity contribution < 1.29 is 4.74 Å². The first kappa shape index (κ1) is 12.6. The Morgan fingerprint density at radius 3 is 2.94 bits per heavy atom. The maximum absolute atomic E-state index is 5.91. The van der Waals surface area contributed by atoms with Crippen LogP contribution >= 0.6 is 15.9 Å². The smallest absolute Gasteiger partial charge is 0.0774 e. The number of rotatable bonds is 6. The zero-order valence-corrected chi connectivity index (χ0v) is 11.6. The summed E-state index contributed by atoms with van der Waals surface area (Å²) in [6.07, 6.45) is 6.09. The van der Waals surface area contributed by atoms with E-state index in [2.05, 4.69) is 25.8 Å². The quantitative estimate of drug-likeness (QED) is 0.819. The third-order valence-electron chi connectivity index (χ3n) is 2.90. The van der Waals surface area contributed by atoms with Crippen LogP contribution in [0.25, 0.3) is 0 Å². The minimum Gasteiger partial charge on any atom is -0.396 e. The van der Waals surface area contributed by atoms with E-state index in [9.17, 15) is 0 Å². The summed E-state index contributed by atoms with van der Waals surface area (Å²) in [6, 6.07) is 0. The van der Waals surface area contributed by atoms with E-state index in [0.717, 1.165) is 35.8 Å². The van der Waals surface area contributed by atoms with E-state index in [1.54, 1.807) is 12.4 Å². The predicted molar refractivity (Wildman–Crippen MR) is 73.2 cm³/mol. The molecule has 1 saturated carbocycles. The SMILES string of the molecule is CN(CCOCC1CC1)c1c(N)cncc1Br. The Labute approximate surface area is 110 Å². The molecular weight excluding hydrogens is 282 g/mol. The molecule has 0 aromatic carbocycles. The number of anilines is 2. The van der Waals surface area contributed by atoms with Crippen LogP contribution in [0.5, 0.6) is 0 Å². The van der Waals surface area contributed by atoms with Gasteiger partial charge in [0.2, 0.25) is 0 Å². The van der Waals surface area contributed by atoms with E-state index in [-0.39, 0.29) is 0 Å². The third kappa shape index (κ3) is 3.57. The summed E-state index contributed by atoms with van der Waals surface area (Å²) in [4.78, 5) is 6.12. The van der Waals surface area contributed by atoms with Crippen LogP contribution in [0.15, 0.2) is 16.9 Å². The lowest BCUT2D eigenvalue weighted by molar-refractivity contribution is 0.131. The second-order valence-electron chi connectivity index (χ2n) is 4.50. The summed E-state index contributed by atoms with van der Waals surface area (Å²) < 4.78 is 6.53. The first-order chi connectivity index (χ1) is 8.18. The number of ether oxygens (including phenoxy) is 1. The summed E-state index contributed by atoms with van der Waals surface area (Å²) in [6.45, 7) is 2.47. The van der Waals surface area contributed by atoms with Crippen molar-refractivity contribution in [3.05, 3.63) is 16.9 Å². The van der Waals surface area contributed by atoms with Crippen LogP contribution in [0, 0.1) is 5.92 Å². The van der Waals surface area contributed by atoms with Gasteiger partial charge in [-0.25, -0.2) is 0 Å². The van der Waals surface area contributed by atoms with Crippen LogP contribution < -0.4 is 10.6 Å². The lowest BCUT2D eigenvalue weighted by Gasteiger charge is -2.22. The first-order valence-electron chi connectivity index (χ1n) is 5.86. The van der Waals surface area contributed by atoms with Crippen LogP contribution in [0.4, 0.5) is 11.4 Å². The standard InChI is InChI=1S/C12H18BrN3O/c1-16(4-5-17-8-9-2-3-9)12-10(13)6-15-7-11(12)14/h6-7,9H,2-5,8,14H2,1H3.